The molecule has 0 N–H and O–H groups in total. The van der Waals surface area contributed by atoms with Gasteiger partial charge in [0.2, 0.25) is 0 Å². The van der Waals surface area contributed by atoms with Crippen molar-refractivity contribution in [2.75, 3.05) is 0 Å². The fourth-order valence-corrected chi connectivity index (χ4v) is 1.21. The lowest BCUT2D eigenvalue weighted by Gasteiger charge is -1.69. The van der Waals surface area contributed by atoms with Crippen molar-refractivity contribution in [3.05, 3.63) is 16.6 Å². The molecule has 0 aliphatic heterocycles. The summed E-state index contributed by atoms with van der Waals surface area (Å²) in [5.41, 5.74) is 1.05. The summed E-state index contributed by atoms with van der Waals surface area (Å²) >= 11 is 1.45. The van der Waals surface area contributed by atoms with E-state index in [-0.39, 0.29) is 0 Å². The number of rotatable bonds is 0. The van der Waals surface area contributed by atoms with Gasteiger partial charge in [0.1, 0.15) is 0 Å². The van der Waals surface area contributed by atoms with Crippen LogP contribution in [-0.4, -0.2) is 4.37 Å². The van der Waals surface area contributed by atoms with Crippen LogP contribution in [0.15, 0.2) is 6.07 Å². The van der Waals surface area contributed by atoms with E-state index >= 15 is 0 Å². The summed E-state index contributed by atoms with van der Waals surface area (Å²) in [6, 6.07) is 1.99. The first-order valence-corrected chi connectivity index (χ1v) is 3.46. The van der Waals surface area contributed by atoms with E-state index in [0.29, 0.717) is 0 Å². The first kappa shape index (κ1) is 6.31. The zero-order valence-corrected chi connectivity index (χ0v) is 6.25. The van der Waals surface area contributed by atoms with E-state index in [1.807, 2.05) is 19.9 Å². The average Bonchev–Trinajstić information content (AvgIpc) is 2.17. The highest BCUT2D eigenvalue weighted by atomic mass is 32.1. The summed E-state index contributed by atoms with van der Waals surface area (Å²) in [7, 11) is 0. The molecule has 0 radical (unpaired) electrons. The Morgan fingerprint density at radius 2 is 2.44 bits per heavy atom. The topological polar surface area (TPSA) is 12.9 Å². The Hall–Kier alpha value is -0.810. The fraction of sp³-hybridized carbons (Fsp3) is 0.286. The molecule has 0 unspecified atom stereocenters. The summed E-state index contributed by atoms with van der Waals surface area (Å²) in [5.74, 6) is 5.75. The molecule has 1 aromatic rings. The quantitative estimate of drug-likeness (QED) is 0.497. The molecule has 0 atom stereocenters. The van der Waals surface area contributed by atoms with Gasteiger partial charge in [-0.2, -0.15) is 4.37 Å². The van der Waals surface area contributed by atoms with Crippen molar-refractivity contribution in [2.45, 2.75) is 13.8 Å². The third-order valence-electron chi connectivity index (χ3n) is 0.876. The molecule has 0 amide bonds. The molecule has 1 heterocycles. The molecule has 1 nitrogen and oxygen atoms in total. The van der Waals surface area contributed by atoms with Gasteiger partial charge >= 0.3 is 0 Å². The van der Waals surface area contributed by atoms with Gasteiger partial charge in [-0.3, -0.25) is 0 Å². The second-order valence-corrected chi connectivity index (χ2v) is 2.51. The number of aromatic nitrogens is 1. The highest BCUT2D eigenvalue weighted by Gasteiger charge is 1.90. The van der Waals surface area contributed by atoms with Crippen LogP contribution >= 0.6 is 11.5 Å². The largest absolute Gasteiger partial charge is 0.197 e. The molecule has 0 bridgehead atoms. The van der Waals surface area contributed by atoms with Crippen LogP contribution in [0.3, 0.4) is 0 Å². The van der Waals surface area contributed by atoms with Gasteiger partial charge in [-0.15, -0.1) is 5.92 Å². The molecular formula is C7H7NS. The van der Waals surface area contributed by atoms with Crippen LogP contribution in [0.4, 0.5) is 0 Å². The van der Waals surface area contributed by atoms with Gasteiger partial charge in [0.25, 0.3) is 0 Å². The molecule has 1 rings (SSSR count). The maximum atomic E-state index is 4.07. The monoisotopic (exact) mass is 137 g/mol. The lowest BCUT2D eigenvalue weighted by atomic mass is 10.4. The van der Waals surface area contributed by atoms with Gasteiger partial charge in [-0.25, -0.2) is 0 Å². The van der Waals surface area contributed by atoms with Crippen molar-refractivity contribution in [3.63, 3.8) is 0 Å². The van der Waals surface area contributed by atoms with Crippen LogP contribution in [-0.2, 0) is 0 Å². The Morgan fingerprint density at radius 3 is 2.89 bits per heavy atom. The van der Waals surface area contributed by atoms with Crippen molar-refractivity contribution < 1.29 is 0 Å². The lowest BCUT2D eigenvalue weighted by molar-refractivity contribution is 1.35. The Balaban J connectivity index is 2.93. The van der Waals surface area contributed by atoms with Crippen molar-refractivity contribution >= 4 is 11.5 Å². The Morgan fingerprint density at radius 1 is 1.67 bits per heavy atom. The minimum absolute atomic E-state index is 1.05. The van der Waals surface area contributed by atoms with E-state index in [1.54, 1.807) is 0 Å². The van der Waals surface area contributed by atoms with E-state index < -0.39 is 0 Å². The van der Waals surface area contributed by atoms with Gasteiger partial charge < -0.3 is 0 Å². The average molecular weight is 137 g/mol. The number of hydrogen-bond donors (Lipinski definition) is 0. The molecule has 0 fully saturated rings. The van der Waals surface area contributed by atoms with Crippen molar-refractivity contribution in [3.8, 4) is 11.8 Å². The zero-order valence-electron chi connectivity index (χ0n) is 5.43. The standard InChI is InChI=1S/C7H7NS/c1-3-4-7-5-6(2)8-9-7/h5H,1-2H3. The predicted molar refractivity (Wildman–Crippen MR) is 39.4 cm³/mol. The van der Waals surface area contributed by atoms with Gasteiger partial charge in [0.05, 0.1) is 10.6 Å². The third kappa shape index (κ3) is 1.55. The van der Waals surface area contributed by atoms with Crippen LogP contribution in [0.2, 0.25) is 0 Å². The van der Waals surface area contributed by atoms with Gasteiger partial charge in [-0.1, -0.05) is 5.92 Å². The van der Waals surface area contributed by atoms with E-state index in [9.17, 15) is 0 Å². The van der Waals surface area contributed by atoms with Gasteiger partial charge in [0, 0.05) is 0 Å². The van der Waals surface area contributed by atoms with Crippen molar-refractivity contribution in [1.29, 1.82) is 0 Å². The number of aryl methyl sites for hydroxylation is 1. The molecule has 1 aromatic heterocycles. The van der Waals surface area contributed by atoms with E-state index in [1.165, 1.54) is 11.5 Å². The Kier molecular flexibility index (Phi) is 1.86. The van der Waals surface area contributed by atoms with Gasteiger partial charge in [0.15, 0.2) is 0 Å². The zero-order chi connectivity index (χ0) is 6.69. The smallest absolute Gasteiger partial charge is 0.0977 e. The van der Waals surface area contributed by atoms with Crippen LogP contribution in [0.1, 0.15) is 17.5 Å². The summed E-state index contributed by atoms with van der Waals surface area (Å²) in [5, 5.41) is 0. The molecule has 0 spiro atoms. The first-order valence-electron chi connectivity index (χ1n) is 2.69. The second kappa shape index (κ2) is 2.65. The Bertz CT molecular complexity index is 251. The summed E-state index contributed by atoms with van der Waals surface area (Å²) < 4.78 is 4.07. The summed E-state index contributed by atoms with van der Waals surface area (Å²) in [6.45, 7) is 3.80. The first-order chi connectivity index (χ1) is 4.33. The minimum Gasteiger partial charge on any atom is -0.197 e. The van der Waals surface area contributed by atoms with Crippen LogP contribution in [0.25, 0.3) is 0 Å². The van der Waals surface area contributed by atoms with Crippen molar-refractivity contribution in [1.82, 2.24) is 4.37 Å². The maximum Gasteiger partial charge on any atom is 0.0977 e. The van der Waals surface area contributed by atoms with E-state index in [0.717, 1.165) is 10.6 Å². The molecule has 0 saturated carbocycles. The number of nitrogens with zero attached hydrogens (tertiary/aromatic N) is 1. The molecule has 0 aliphatic carbocycles. The van der Waals surface area contributed by atoms with Crippen LogP contribution in [0.5, 0.6) is 0 Å². The highest BCUT2D eigenvalue weighted by Crippen LogP contribution is 2.05. The summed E-state index contributed by atoms with van der Waals surface area (Å²) in [6.07, 6.45) is 0. The molecule has 0 aromatic carbocycles. The normalized spacial score (nSPS) is 8.22. The summed E-state index contributed by atoms with van der Waals surface area (Å²) in [4.78, 5) is 1.05. The van der Waals surface area contributed by atoms with E-state index in [4.69, 9.17) is 0 Å². The second-order valence-electron chi connectivity index (χ2n) is 1.71. The fourth-order valence-electron chi connectivity index (χ4n) is 0.546. The van der Waals surface area contributed by atoms with E-state index in [2.05, 4.69) is 16.2 Å². The molecule has 0 aliphatic rings. The maximum absolute atomic E-state index is 4.07. The minimum atomic E-state index is 1.05. The van der Waals surface area contributed by atoms with Crippen molar-refractivity contribution in [2.24, 2.45) is 0 Å². The molecule has 0 saturated heterocycles. The SMILES string of the molecule is CC#Cc1cc(C)ns1. The molecule has 9 heavy (non-hydrogen) atoms. The molecule has 2 heteroatoms. The highest BCUT2D eigenvalue weighted by molar-refractivity contribution is 7.06. The van der Waals surface area contributed by atoms with Crippen LogP contribution < -0.4 is 0 Å². The van der Waals surface area contributed by atoms with Gasteiger partial charge in [-0.05, 0) is 31.4 Å². The molecular weight excluding hydrogens is 130 g/mol. The molecule has 46 valence electrons. The Labute approximate surface area is 58.9 Å². The predicted octanol–water partition coefficient (Wildman–Crippen LogP) is 1.82. The lowest BCUT2D eigenvalue weighted by Crippen LogP contribution is -1.60. The third-order valence-corrected chi connectivity index (χ3v) is 1.67. The number of hydrogen-bond acceptors (Lipinski definition) is 2. The van der Waals surface area contributed by atoms with Crippen LogP contribution in [0, 0.1) is 18.8 Å².